The SMILES string of the molecule is COc1ccc(C(=O)/C=C/Nc2ccc(C)cc2O)cc1OC. The molecule has 0 amide bonds. The van der Waals surface area contributed by atoms with Crippen LogP contribution in [0.2, 0.25) is 0 Å². The van der Waals surface area contributed by atoms with Gasteiger partial charge in [0.1, 0.15) is 5.75 Å². The number of aromatic hydroxyl groups is 1. The number of ketones is 1. The second-order valence-electron chi connectivity index (χ2n) is 4.93. The van der Waals surface area contributed by atoms with Gasteiger partial charge in [0.15, 0.2) is 17.3 Å². The summed E-state index contributed by atoms with van der Waals surface area (Å²) >= 11 is 0. The van der Waals surface area contributed by atoms with Crippen LogP contribution in [0.3, 0.4) is 0 Å². The molecule has 0 atom stereocenters. The number of benzene rings is 2. The Hall–Kier alpha value is -2.95. The van der Waals surface area contributed by atoms with Crippen LogP contribution in [0.5, 0.6) is 17.2 Å². The Morgan fingerprint density at radius 2 is 1.83 bits per heavy atom. The first-order valence-corrected chi connectivity index (χ1v) is 7.04. The van der Waals surface area contributed by atoms with Crippen molar-refractivity contribution >= 4 is 11.5 Å². The third-order valence-corrected chi connectivity index (χ3v) is 3.29. The lowest BCUT2D eigenvalue weighted by Gasteiger charge is -2.08. The van der Waals surface area contributed by atoms with Crippen LogP contribution in [0.15, 0.2) is 48.7 Å². The van der Waals surface area contributed by atoms with E-state index in [1.807, 2.05) is 13.0 Å². The van der Waals surface area contributed by atoms with Crippen molar-refractivity contribution in [3.8, 4) is 17.2 Å². The molecule has 0 saturated heterocycles. The molecule has 23 heavy (non-hydrogen) atoms. The number of anilines is 1. The van der Waals surface area contributed by atoms with Crippen molar-refractivity contribution in [1.82, 2.24) is 0 Å². The average molecular weight is 313 g/mol. The number of rotatable bonds is 6. The van der Waals surface area contributed by atoms with Gasteiger partial charge >= 0.3 is 0 Å². The zero-order valence-electron chi connectivity index (χ0n) is 13.3. The fourth-order valence-electron chi connectivity index (χ4n) is 2.06. The standard InChI is InChI=1S/C18H19NO4/c1-12-4-6-14(16(21)10-12)19-9-8-15(20)13-5-7-17(22-2)18(11-13)23-3/h4-11,19,21H,1-3H3/b9-8+. The van der Waals surface area contributed by atoms with Crippen LogP contribution in [-0.2, 0) is 0 Å². The molecule has 0 radical (unpaired) electrons. The van der Waals surface area contributed by atoms with Crippen LogP contribution < -0.4 is 14.8 Å². The van der Waals surface area contributed by atoms with Gasteiger partial charge in [-0.05, 0) is 42.8 Å². The van der Waals surface area contributed by atoms with Crippen molar-refractivity contribution in [2.24, 2.45) is 0 Å². The summed E-state index contributed by atoms with van der Waals surface area (Å²) in [4.78, 5) is 12.2. The summed E-state index contributed by atoms with van der Waals surface area (Å²) in [7, 11) is 3.06. The highest BCUT2D eigenvalue weighted by atomic mass is 16.5. The molecule has 0 spiro atoms. The van der Waals surface area contributed by atoms with Gasteiger partial charge in [0.25, 0.3) is 0 Å². The molecular formula is C18H19NO4. The first-order chi connectivity index (χ1) is 11.0. The molecule has 2 rings (SSSR count). The van der Waals surface area contributed by atoms with Crippen molar-refractivity contribution in [3.63, 3.8) is 0 Å². The quantitative estimate of drug-likeness (QED) is 0.485. The largest absolute Gasteiger partial charge is 0.506 e. The van der Waals surface area contributed by atoms with Gasteiger partial charge < -0.3 is 19.9 Å². The number of carbonyl (C=O) groups excluding carboxylic acids is 1. The highest BCUT2D eigenvalue weighted by Crippen LogP contribution is 2.28. The molecule has 5 heteroatoms. The van der Waals surface area contributed by atoms with Gasteiger partial charge in [-0.2, -0.15) is 0 Å². The molecule has 0 fully saturated rings. The number of carbonyl (C=O) groups is 1. The summed E-state index contributed by atoms with van der Waals surface area (Å²) in [6.07, 6.45) is 2.88. The molecule has 2 aromatic carbocycles. The second kappa shape index (κ2) is 7.35. The fraction of sp³-hybridized carbons (Fsp3) is 0.167. The minimum absolute atomic E-state index is 0.133. The normalized spacial score (nSPS) is 10.6. The van der Waals surface area contributed by atoms with E-state index in [-0.39, 0.29) is 11.5 Å². The fourth-order valence-corrected chi connectivity index (χ4v) is 2.06. The number of nitrogens with one attached hydrogen (secondary N) is 1. The summed E-state index contributed by atoms with van der Waals surface area (Å²) < 4.78 is 10.3. The number of hydrogen-bond acceptors (Lipinski definition) is 5. The number of aryl methyl sites for hydroxylation is 1. The van der Waals surface area contributed by atoms with Gasteiger partial charge in [0.2, 0.25) is 0 Å². The van der Waals surface area contributed by atoms with Crippen molar-refractivity contribution < 1.29 is 19.4 Å². The Morgan fingerprint density at radius 1 is 1.09 bits per heavy atom. The van der Waals surface area contributed by atoms with E-state index in [1.165, 1.54) is 26.5 Å². The number of phenolic OH excluding ortho intramolecular Hbond substituents is 1. The highest BCUT2D eigenvalue weighted by molar-refractivity contribution is 6.05. The van der Waals surface area contributed by atoms with Crippen molar-refractivity contribution in [2.45, 2.75) is 6.92 Å². The monoisotopic (exact) mass is 313 g/mol. The predicted molar refractivity (Wildman–Crippen MR) is 89.5 cm³/mol. The van der Waals surface area contributed by atoms with Crippen LogP contribution in [0, 0.1) is 6.92 Å². The molecule has 2 aromatic rings. The van der Waals surface area contributed by atoms with Gasteiger partial charge in [-0.15, -0.1) is 0 Å². The van der Waals surface area contributed by atoms with Crippen molar-refractivity contribution in [1.29, 1.82) is 0 Å². The Balaban J connectivity index is 2.09. The highest BCUT2D eigenvalue weighted by Gasteiger charge is 2.08. The van der Waals surface area contributed by atoms with E-state index in [4.69, 9.17) is 9.47 Å². The number of allylic oxidation sites excluding steroid dienone is 1. The van der Waals surface area contributed by atoms with E-state index in [0.29, 0.717) is 22.7 Å². The molecule has 0 unspecified atom stereocenters. The summed E-state index contributed by atoms with van der Waals surface area (Å²) in [6.45, 7) is 1.89. The molecule has 0 bridgehead atoms. The molecule has 5 nitrogen and oxygen atoms in total. The van der Waals surface area contributed by atoms with E-state index in [1.54, 1.807) is 30.3 Å². The number of hydrogen-bond donors (Lipinski definition) is 2. The van der Waals surface area contributed by atoms with Crippen LogP contribution in [0.25, 0.3) is 0 Å². The van der Waals surface area contributed by atoms with Crippen LogP contribution in [-0.4, -0.2) is 25.1 Å². The lowest BCUT2D eigenvalue weighted by molar-refractivity contribution is 0.104. The average Bonchev–Trinajstić information content (AvgIpc) is 2.56. The van der Waals surface area contributed by atoms with Crippen LogP contribution in [0.1, 0.15) is 15.9 Å². The number of ether oxygens (including phenoxy) is 2. The third kappa shape index (κ3) is 4.03. The summed E-state index contributed by atoms with van der Waals surface area (Å²) in [5.41, 5.74) is 1.97. The molecule has 0 heterocycles. The molecular weight excluding hydrogens is 294 g/mol. The third-order valence-electron chi connectivity index (χ3n) is 3.29. The second-order valence-corrected chi connectivity index (χ2v) is 4.93. The van der Waals surface area contributed by atoms with E-state index in [2.05, 4.69) is 5.32 Å². The minimum Gasteiger partial charge on any atom is -0.506 e. The van der Waals surface area contributed by atoms with Gasteiger partial charge in [-0.25, -0.2) is 0 Å². The smallest absolute Gasteiger partial charge is 0.187 e. The number of phenols is 1. The predicted octanol–water partition coefficient (Wildman–Crippen LogP) is 3.53. The van der Waals surface area contributed by atoms with Gasteiger partial charge in [-0.1, -0.05) is 6.07 Å². The lowest BCUT2D eigenvalue weighted by atomic mass is 10.1. The Kier molecular flexibility index (Phi) is 5.25. The summed E-state index contributed by atoms with van der Waals surface area (Å²) in [6, 6.07) is 10.2. The maximum atomic E-state index is 12.2. The molecule has 0 aromatic heterocycles. The lowest BCUT2D eigenvalue weighted by Crippen LogP contribution is -1.98. The van der Waals surface area contributed by atoms with E-state index in [0.717, 1.165) is 5.56 Å². The Bertz CT molecular complexity index is 738. The van der Waals surface area contributed by atoms with Crippen molar-refractivity contribution in [3.05, 3.63) is 59.8 Å². The summed E-state index contributed by atoms with van der Waals surface area (Å²) in [5, 5.41) is 12.7. The maximum Gasteiger partial charge on any atom is 0.187 e. The Morgan fingerprint density at radius 3 is 2.48 bits per heavy atom. The number of methoxy groups -OCH3 is 2. The van der Waals surface area contributed by atoms with Gasteiger partial charge in [0.05, 0.1) is 19.9 Å². The summed E-state index contributed by atoms with van der Waals surface area (Å²) in [5.74, 6) is 1.00. The molecule has 0 saturated carbocycles. The molecule has 0 aliphatic rings. The first-order valence-electron chi connectivity index (χ1n) is 7.04. The minimum atomic E-state index is -0.190. The Labute approximate surface area is 135 Å². The maximum absolute atomic E-state index is 12.2. The first kappa shape index (κ1) is 16.4. The van der Waals surface area contributed by atoms with E-state index >= 15 is 0 Å². The molecule has 0 aliphatic heterocycles. The molecule has 120 valence electrons. The molecule has 2 N–H and O–H groups in total. The van der Waals surface area contributed by atoms with Crippen molar-refractivity contribution in [2.75, 3.05) is 19.5 Å². The zero-order valence-corrected chi connectivity index (χ0v) is 13.3. The van der Waals surface area contributed by atoms with Gasteiger partial charge in [0, 0.05) is 17.8 Å². The van der Waals surface area contributed by atoms with E-state index < -0.39 is 0 Å². The van der Waals surface area contributed by atoms with Gasteiger partial charge in [-0.3, -0.25) is 4.79 Å². The zero-order chi connectivity index (χ0) is 16.8. The molecule has 0 aliphatic carbocycles. The van der Waals surface area contributed by atoms with Crippen LogP contribution in [0.4, 0.5) is 5.69 Å². The van der Waals surface area contributed by atoms with E-state index in [9.17, 15) is 9.90 Å². The van der Waals surface area contributed by atoms with Crippen LogP contribution >= 0.6 is 0 Å². The topological polar surface area (TPSA) is 67.8 Å².